The molecule has 4 rings (SSSR count). The van der Waals surface area contributed by atoms with Crippen LogP contribution in [0.3, 0.4) is 0 Å². The topological polar surface area (TPSA) is 49.9 Å². The Morgan fingerprint density at radius 1 is 0.935 bits per heavy atom. The smallest absolute Gasteiger partial charge is 0.254 e. The zero-order valence-electron chi connectivity index (χ0n) is 18.1. The van der Waals surface area contributed by atoms with Gasteiger partial charge in [-0.15, -0.1) is 0 Å². The normalized spacial score (nSPS) is 14.5. The minimum absolute atomic E-state index is 0.0161. The van der Waals surface area contributed by atoms with Gasteiger partial charge in [0.25, 0.3) is 5.91 Å². The summed E-state index contributed by atoms with van der Waals surface area (Å²) in [6.45, 7) is 1.79. The van der Waals surface area contributed by atoms with Crippen LogP contribution < -0.4 is 4.74 Å². The summed E-state index contributed by atoms with van der Waals surface area (Å²) in [6.07, 6.45) is 1.38. The molecule has 5 nitrogen and oxygen atoms in total. The highest BCUT2D eigenvalue weighted by Gasteiger charge is 2.30. The molecule has 1 saturated heterocycles. The van der Waals surface area contributed by atoms with Gasteiger partial charge in [0.2, 0.25) is 5.91 Å². The Balaban J connectivity index is 1.41. The van der Waals surface area contributed by atoms with Gasteiger partial charge in [-0.25, -0.2) is 0 Å². The third-order valence-electron chi connectivity index (χ3n) is 6.10. The second-order valence-electron chi connectivity index (χ2n) is 8.11. The minimum Gasteiger partial charge on any atom is -0.496 e. The van der Waals surface area contributed by atoms with Gasteiger partial charge in [-0.1, -0.05) is 54.6 Å². The molecule has 0 radical (unpaired) electrons. The van der Waals surface area contributed by atoms with Crippen molar-refractivity contribution in [3.8, 4) is 5.75 Å². The molecule has 0 bridgehead atoms. The second kappa shape index (κ2) is 9.21. The number of carbonyl (C=O) groups is 2. The average Bonchev–Trinajstić information content (AvgIpc) is 2.83. The number of hydrogen-bond donors (Lipinski definition) is 0. The fourth-order valence-electron chi connectivity index (χ4n) is 4.38. The Kier molecular flexibility index (Phi) is 6.21. The van der Waals surface area contributed by atoms with Crippen molar-refractivity contribution in [2.45, 2.75) is 19.4 Å². The third-order valence-corrected chi connectivity index (χ3v) is 6.10. The number of hydrogen-bond acceptors (Lipinski definition) is 3. The van der Waals surface area contributed by atoms with Crippen molar-refractivity contribution in [3.05, 3.63) is 77.9 Å². The molecule has 0 N–H and O–H groups in total. The Bertz CT molecular complexity index is 1070. The summed E-state index contributed by atoms with van der Waals surface area (Å²) in [7, 11) is 3.50. The summed E-state index contributed by atoms with van der Waals surface area (Å²) in [6, 6.07) is 21.5. The zero-order chi connectivity index (χ0) is 21.8. The van der Waals surface area contributed by atoms with Crippen molar-refractivity contribution in [3.63, 3.8) is 0 Å². The molecule has 1 heterocycles. The van der Waals surface area contributed by atoms with E-state index in [9.17, 15) is 9.59 Å². The summed E-state index contributed by atoms with van der Waals surface area (Å²) in [5.74, 6) is 0.900. The third kappa shape index (κ3) is 4.41. The van der Waals surface area contributed by atoms with Crippen molar-refractivity contribution >= 4 is 22.6 Å². The van der Waals surface area contributed by atoms with Gasteiger partial charge >= 0.3 is 0 Å². The molecule has 0 spiro atoms. The van der Waals surface area contributed by atoms with Gasteiger partial charge in [0.05, 0.1) is 7.11 Å². The summed E-state index contributed by atoms with van der Waals surface area (Å²) < 4.78 is 5.45. The van der Waals surface area contributed by atoms with Gasteiger partial charge in [-0.3, -0.25) is 9.59 Å². The molecule has 160 valence electrons. The van der Waals surface area contributed by atoms with E-state index in [0.29, 0.717) is 38.0 Å². The standard InChI is InChI=1S/C26H28N2O3/c1-27(18-19-8-4-3-5-9-19)25(29)20-14-16-28(17-15-20)26(30)23-12-13-24(31-2)22-11-7-6-10-21(22)23/h3-13,20H,14-18H2,1-2H3. The maximum absolute atomic E-state index is 13.3. The van der Waals surface area contributed by atoms with E-state index in [2.05, 4.69) is 0 Å². The minimum atomic E-state index is -0.0367. The number of carbonyl (C=O) groups excluding carboxylic acids is 2. The largest absolute Gasteiger partial charge is 0.496 e. The van der Waals surface area contributed by atoms with Crippen LogP contribution in [0.4, 0.5) is 0 Å². The summed E-state index contributed by atoms with van der Waals surface area (Å²) in [4.78, 5) is 29.8. The SMILES string of the molecule is COc1ccc(C(=O)N2CCC(C(=O)N(C)Cc3ccccc3)CC2)c2ccccc12. The number of methoxy groups -OCH3 is 1. The molecule has 0 aromatic heterocycles. The highest BCUT2D eigenvalue weighted by atomic mass is 16.5. The van der Waals surface area contributed by atoms with Crippen LogP contribution in [0.2, 0.25) is 0 Å². The van der Waals surface area contributed by atoms with Gasteiger partial charge in [0.1, 0.15) is 5.75 Å². The monoisotopic (exact) mass is 416 g/mol. The highest BCUT2D eigenvalue weighted by Crippen LogP contribution is 2.30. The van der Waals surface area contributed by atoms with Crippen LogP contribution in [0.5, 0.6) is 5.75 Å². The first kappa shape index (κ1) is 20.9. The van der Waals surface area contributed by atoms with Crippen LogP contribution in [-0.2, 0) is 11.3 Å². The van der Waals surface area contributed by atoms with E-state index in [4.69, 9.17) is 4.74 Å². The maximum Gasteiger partial charge on any atom is 0.254 e. The van der Waals surface area contributed by atoms with Crippen LogP contribution in [0.25, 0.3) is 10.8 Å². The van der Waals surface area contributed by atoms with E-state index in [1.165, 1.54) is 0 Å². The number of rotatable bonds is 5. The quantitative estimate of drug-likeness (QED) is 0.621. The Labute approximate surface area is 183 Å². The zero-order valence-corrected chi connectivity index (χ0v) is 18.1. The maximum atomic E-state index is 13.3. The van der Waals surface area contributed by atoms with E-state index in [0.717, 1.165) is 22.1 Å². The van der Waals surface area contributed by atoms with Gasteiger partial charge in [-0.05, 0) is 35.9 Å². The molecule has 0 atom stereocenters. The van der Waals surface area contributed by atoms with Crippen LogP contribution in [-0.4, -0.2) is 48.9 Å². The molecular formula is C26H28N2O3. The van der Waals surface area contributed by atoms with Crippen LogP contribution in [0.15, 0.2) is 66.7 Å². The van der Waals surface area contributed by atoms with Gasteiger partial charge in [0, 0.05) is 43.5 Å². The lowest BCUT2D eigenvalue weighted by atomic mass is 9.94. The van der Waals surface area contributed by atoms with Crippen molar-refractivity contribution in [1.29, 1.82) is 0 Å². The molecule has 2 amide bonds. The molecule has 3 aromatic carbocycles. The first-order valence-electron chi connectivity index (χ1n) is 10.7. The lowest BCUT2D eigenvalue weighted by molar-refractivity contribution is -0.136. The summed E-state index contributed by atoms with van der Waals surface area (Å²) in [5, 5.41) is 1.83. The molecule has 0 aliphatic carbocycles. The van der Waals surface area contributed by atoms with Crippen LogP contribution >= 0.6 is 0 Å². The van der Waals surface area contributed by atoms with E-state index in [1.54, 1.807) is 12.0 Å². The molecule has 0 unspecified atom stereocenters. The van der Waals surface area contributed by atoms with Gasteiger partial charge < -0.3 is 14.5 Å². The number of amides is 2. The van der Waals surface area contributed by atoms with Crippen LogP contribution in [0.1, 0.15) is 28.8 Å². The fourth-order valence-corrected chi connectivity index (χ4v) is 4.38. The number of ether oxygens (including phenoxy) is 1. The number of nitrogens with zero attached hydrogens (tertiary/aromatic N) is 2. The van der Waals surface area contributed by atoms with Crippen molar-refractivity contribution in [2.75, 3.05) is 27.2 Å². The second-order valence-corrected chi connectivity index (χ2v) is 8.11. The Morgan fingerprint density at radius 3 is 2.26 bits per heavy atom. The average molecular weight is 417 g/mol. The molecule has 0 saturated carbocycles. The van der Waals surface area contributed by atoms with Gasteiger partial charge in [0.15, 0.2) is 0 Å². The molecule has 3 aromatic rings. The molecule has 1 fully saturated rings. The lowest BCUT2D eigenvalue weighted by Gasteiger charge is -2.33. The fraction of sp³-hybridized carbons (Fsp3) is 0.308. The molecular weight excluding hydrogens is 388 g/mol. The van der Waals surface area contributed by atoms with Crippen molar-refractivity contribution in [2.24, 2.45) is 5.92 Å². The Morgan fingerprint density at radius 2 is 1.58 bits per heavy atom. The van der Waals surface area contributed by atoms with E-state index >= 15 is 0 Å². The van der Waals surface area contributed by atoms with Crippen molar-refractivity contribution in [1.82, 2.24) is 9.80 Å². The molecule has 1 aliphatic heterocycles. The number of likely N-dealkylation sites (tertiary alicyclic amines) is 1. The Hall–Kier alpha value is -3.34. The molecule has 31 heavy (non-hydrogen) atoms. The van der Waals surface area contributed by atoms with E-state index in [-0.39, 0.29) is 17.7 Å². The first-order valence-corrected chi connectivity index (χ1v) is 10.7. The number of piperidine rings is 1. The summed E-state index contributed by atoms with van der Waals surface area (Å²) >= 11 is 0. The lowest BCUT2D eigenvalue weighted by Crippen LogP contribution is -2.43. The first-order chi connectivity index (χ1) is 15.1. The number of fused-ring (bicyclic) bond motifs is 1. The predicted octanol–water partition coefficient (Wildman–Crippen LogP) is 4.36. The predicted molar refractivity (Wildman–Crippen MR) is 122 cm³/mol. The van der Waals surface area contributed by atoms with E-state index in [1.807, 2.05) is 78.7 Å². The highest BCUT2D eigenvalue weighted by molar-refractivity contribution is 6.08. The summed E-state index contributed by atoms with van der Waals surface area (Å²) in [5.41, 5.74) is 1.81. The van der Waals surface area contributed by atoms with E-state index < -0.39 is 0 Å². The molecule has 1 aliphatic rings. The molecule has 5 heteroatoms. The van der Waals surface area contributed by atoms with Crippen molar-refractivity contribution < 1.29 is 14.3 Å². The van der Waals surface area contributed by atoms with Crippen LogP contribution in [0, 0.1) is 5.92 Å². The van der Waals surface area contributed by atoms with Gasteiger partial charge in [-0.2, -0.15) is 0 Å². The number of benzene rings is 3.